The highest BCUT2D eigenvalue weighted by atomic mass is 79.9. The number of anilines is 1. The Hall–Kier alpha value is -2.13. The van der Waals surface area contributed by atoms with E-state index in [0.717, 1.165) is 0 Å². The van der Waals surface area contributed by atoms with Crippen LogP contribution < -0.4 is 9.46 Å². The number of benzene rings is 2. The zero-order valence-corrected chi connectivity index (χ0v) is 14.6. The third-order valence-electron chi connectivity index (χ3n) is 3.09. The molecule has 0 unspecified atom stereocenters. The van der Waals surface area contributed by atoms with Crippen molar-refractivity contribution in [3.05, 3.63) is 56.5 Å². The Balaban J connectivity index is 2.49. The van der Waals surface area contributed by atoms with Crippen LogP contribution in [0.15, 0.2) is 45.8 Å². The van der Waals surface area contributed by atoms with E-state index in [9.17, 15) is 18.5 Å². The Labute approximate surface area is 141 Å². The van der Waals surface area contributed by atoms with E-state index in [-0.39, 0.29) is 22.0 Å². The zero-order valence-electron chi connectivity index (χ0n) is 12.2. The van der Waals surface area contributed by atoms with Gasteiger partial charge in [-0.2, -0.15) is 0 Å². The monoisotopic (exact) mass is 400 g/mol. The Morgan fingerprint density at radius 3 is 2.52 bits per heavy atom. The van der Waals surface area contributed by atoms with Crippen LogP contribution in [0.3, 0.4) is 0 Å². The van der Waals surface area contributed by atoms with E-state index in [1.807, 2.05) is 0 Å². The van der Waals surface area contributed by atoms with Crippen molar-refractivity contribution in [3.8, 4) is 5.75 Å². The van der Waals surface area contributed by atoms with E-state index in [0.29, 0.717) is 10.0 Å². The summed E-state index contributed by atoms with van der Waals surface area (Å²) in [6.45, 7) is 1.65. The zero-order chi connectivity index (χ0) is 17.2. The highest BCUT2D eigenvalue weighted by molar-refractivity contribution is 9.10. The molecule has 1 N–H and O–H groups in total. The number of aryl methyl sites for hydroxylation is 1. The number of halogens is 1. The molecule has 0 bridgehead atoms. The van der Waals surface area contributed by atoms with Crippen molar-refractivity contribution in [3.63, 3.8) is 0 Å². The number of non-ortho nitro benzene ring substituents is 1. The summed E-state index contributed by atoms with van der Waals surface area (Å²) in [6, 6.07) is 8.53. The lowest BCUT2D eigenvalue weighted by Gasteiger charge is -2.13. The van der Waals surface area contributed by atoms with E-state index >= 15 is 0 Å². The number of methoxy groups -OCH3 is 1. The maximum Gasteiger partial charge on any atom is 0.271 e. The molecule has 23 heavy (non-hydrogen) atoms. The van der Waals surface area contributed by atoms with Gasteiger partial charge in [-0.15, -0.1) is 0 Å². The molecule has 0 heterocycles. The van der Waals surface area contributed by atoms with Gasteiger partial charge in [-0.3, -0.25) is 14.8 Å². The number of nitrogens with zero attached hydrogens (tertiary/aromatic N) is 1. The number of nitro groups is 1. The fourth-order valence-electron chi connectivity index (χ4n) is 1.89. The van der Waals surface area contributed by atoms with Crippen molar-refractivity contribution in [1.29, 1.82) is 0 Å². The van der Waals surface area contributed by atoms with Crippen molar-refractivity contribution in [2.24, 2.45) is 0 Å². The van der Waals surface area contributed by atoms with Crippen molar-refractivity contribution < 1.29 is 18.1 Å². The van der Waals surface area contributed by atoms with Gasteiger partial charge in [0.2, 0.25) is 0 Å². The smallest absolute Gasteiger partial charge is 0.271 e. The second-order valence-electron chi connectivity index (χ2n) is 4.66. The molecule has 0 radical (unpaired) electrons. The summed E-state index contributed by atoms with van der Waals surface area (Å²) in [5.74, 6) is 0.170. The predicted molar refractivity (Wildman–Crippen MR) is 89.3 cm³/mol. The van der Waals surface area contributed by atoms with Crippen LogP contribution in [-0.2, 0) is 10.0 Å². The summed E-state index contributed by atoms with van der Waals surface area (Å²) in [6.07, 6.45) is 0. The minimum absolute atomic E-state index is 0.0692. The standard InChI is InChI=1S/C14H13BrN2O5S/c1-9-3-5-11(17(18)19)8-12(9)16-23(20,21)14-7-10(15)4-6-13(14)22-2/h3-8,16H,1-2H3. The fourth-order valence-corrected chi connectivity index (χ4v) is 3.72. The second-order valence-corrected chi connectivity index (χ2v) is 7.22. The van der Waals surface area contributed by atoms with E-state index in [1.54, 1.807) is 13.0 Å². The fraction of sp³-hybridized carbons (Fsp3) is 0.143. The maximum absolute atomic E-state index is 12.6. The minimum Gasteiger partial charge on any atom is -0.495 e. The Bertz CT molecular complexity index is 867. The summed E-state index contributed by atoms with van der Waals surface area (Å²) >= 11 is 3.21. The molecule has 0 amide bonds. The lowest BCUT2D eigenvalue weighted by atomic mass is 10.2. The number of hydrogen-bond donors (Lipinski definition) is 1. The Kier molecular flexibility index (Phi) is 4.90. The molecule has 2 aromatic rings. The molecule has 0 saturated heterocycles. The van der Waals surface area contributed by atoms with Gasteiger partial charge in [-0.1, -0.05) is 22.0 Å². The number of hydrogen-bond acceptors (Lipinski definition) is 5. The molecule has 0 aromatic heterocycles. The largest absolute Gasteiger partial charge is 0.495 e. The SMILES string of the molecule is COc1ccc(Br)cc1S(=O)(=O)Nc1cc([N+](=O)[O-])ccc1C. The van der Waals surface area contributed by atoms with Gasteiger partial charge < -0.3 is 4.74 Å². The van der Waals surface area contributed by atoms with Crippen molar-refractivity contribution >= 4 is 37.3 Å². The van der Waals surface area contributed by atoms with Crippen molar-refractivity contribution in [1.82, 2.24) is 0 Å². The van der Waals surface area contributed by atoms with Crippen LogP contribution >= 0.6 is 15.9 Å². The maximum atomic E-state index is 12.6. The molecule has 0 aliphatic carbocycles. The molecule has 0 aliphatic heterocycles. The lowest BCUT2D eigenvalue weighted by molar-refractivity contribution is -0.384. The van der Waals surface area contributed by atoms with Crippen molar-refractivity contribution in [2.45, 2.75) is 11.8 Å². The second kappa shape index (κ2) is 6.55. The van der Waals surface area contributed by atoms with E-state index in [1.165, 1.54) is 37.4 Å². The van der Waals surface area contributed by atoms with Gasteiger partial charge in [0.25, 0.3) is 15.7 Å². The van der Waals surface area contributed by atoms with Gasteiger partial charge in [-0.05, 0) is 30.7 Å². The average molecular weight is 401 g/mol. The predicted octanol–water partition coefficient (Wildman–Crippen LogP) is 3.48. The molecule has 7 nitrogen and oxygen atoms in total. The van der Waals surface area contributed by atoms with Crippen LogP contribution in [0.5, 0.6) is 5.75 Å². The molecule has 0 fully saturated rings. The molecule has 2 rings (SSSR count). The van der Waals surface area contributed by atoms with Crippen LogP contribution in [0.25, 0.3) is 0 Å². The first kappa shape index (κ1) is 17.2. The minimum atomic E-state index is -3.97. The molecular weight excluding hydrogens is 388 g/mol. The molecule has 122 valence electrons. The highest BCUT2D eigenvalue weighted by Crippen LogP contribution is 2.30. The molecule has 0 spiro atoms. The summed E-state index contributed by atoms with van der Waals surface area (Å²) in [5, 5.41) is 10.8. The Morgan fingerprint density at radius 2 is 1.91 bits per heavy atom. The third-order valence-corrected chi connectivity index (χ3v) is 4.97. The number of sulfonamides is 1. The molecule has 2 aromatic carbocycles. The van der Waals surface area contributed by atoms with Gasteiger partial charge in [0.15, 0.2) is 0 Å². The summed E-state index contributed by atoms with van der Waals surface area (Å²) in [7, 11) is -2.61. The van der Waals surface area contributed by atoms with Gasteiger partial charge in [0, 0.05) is 16.6 Å². The number of ether oxygens (including phenoxy) is 1. The molecular formula is C14H13BrN2O5S. The topological polar surface area (TPSA) is 98.5 Å². The number of rotatable bonds is 5. The lowest BCUT2D eigenvalue weighted by Crippen LogP contribution is -2.15. The van der Waals surface area contributed by atoms with E-state index < -0.39 is 14.9 Å². The summed E-state index contributed by atoms with van der Waals surface area (Å²) in [4.78, 5) is 10.2. The van der Waals surface area contributed by atoms with Gasteiger partial charge in [0.05, 0.1) is 17.7 Å². The quantitative estimate of drug-likeness (QED) is 0.611. The van der Waals surface area contributed by atoms with Crippen molar-refractivity contribution in [2.75, 3.05) is 11.8 Å². The highest BCUT2D eigenvalue weighted by Gasteiger charge is 2.22. The first-order valence-electron chi connectivity index (χ1n) is 6.36. The average Bonchev–Trinajstić information content (AvgIpc) is 2.49. The van der Waals surface area contributed by atoms with Gasteiger partial charge >= 0.3 is 0 Å². The normalized spacial score (nSPS) is 11.1. The first-order valence-corrected chi connectivity index (χ1v) is 8.63. The molecule has 0 aliphatic rings. The molecule has 0 saturated carbocycles. The van der Waals surface area contributed by atoms with Crippen LogP contribution in [-0.4, -0.2) is 20.5 Å². The van der Waals surface area contributed by atoms with Crippen LogP contribution in [0.4, 0.5) is 11.4 Å². The van der Waals surface area contributed by atoms with Crippen LogP contribution in [0, 0.1) is 17.0 Å². The summed E-state index contributed by atoms with van der Waals surface area (Å²) < 4.78 is 33.2. The van der Waals surface area contributed by atoms with Gasteiger partial charge in [-0.25, -0.2) is 8.42 Å². The van der Waals surface area contributed by atoms with E-state index in [4.69, 9.17) is 4.74 Å². The molecule has 9 heteroatoms. The third kappa shape index (κ3) is 3.80. The van der Waals surface area contributed by atoms with Crippen LogP contribution in [0.1, 0.15) is 5.56 Å². The Morgan fingerprint density at radius 1 is 1.22 bits per heavy atom. The van der Waals surface area contributed by atoms with Gasteiger partial charge in [0.1, 0.15) is 10.6 Å². The summed E-state index contributed by atoms with van der Waals surface area (Å²) in [5.41, 5.74) is 0.504. The van der Waals surface area contributed by atoms with E-state index in [2.05, 4.69) is 20.7 Å². The van der Waals surface area contributed by atoms with Crippen LogP contribution in [0.2, 0.25) is 0 Å². The number of nitrogens with one attached hydrogen (secondary N) is 1. The number of nitro benzene ring substituents is 1. The molecule has 0 atom stereocenters. The first-order chi connectivity index (χ1) is 10.7.